The normalized spacial score (nSPS) is 11.3. The number of rotatable bonds is 1. The van der Waals surface area contributed by atoms with Gasteiger partial charge in [0, 0.05) is 38.2 Å². The Morgan fingerprint density at radius 1 is 0.576 bits per heavy atom. The Hall–Kier alpha value is -4.30. The average molecular weight is 425 g/mol. The second-order valence-electron chi connectivity index (χ2n) is 8.45. The highest BCUT2D eigenvalue weighted by Gasteiger charge is 2.11. The molecule has 0 atom stereocenters. The molecule has 0 amide bonds. The molecule has 2 nitrogen and oxygen atoms in total. The number of fused-ring (bicyclic) bond motifs is 6. The lowest BCUT2D eigenvalue weighted by Crippen LogP contribution is -2.15. The van der Waals surface area contributed by atoms with Crippen LogP contribution in [0, 0.1) is 6.92 Å². The van der Waals surface area contributed by atoms with E-state index < -0.39 is 0 Å². The maximum Gasteiger partial charge on any atom is 0.0616 e. The predicted molar refractivity (Wildman–Crippen MR) is 141 cm³/mol. The first-order chi connectivity index (χ1) is 16.2. The zero-order chi connectivity index (χ0) is 22.4. The molecule has 0 aliphatic rings. The molecule has 0 spiro atoms. The molecule has 0 saturated heterocycles. The molecule has 0 unspecified atom stereocenters. The lowest BCUT2D eigenvalue weighted by atomic mass is 10.1. The van der Waals surface area contributed by atoms with E-state index in [1.54, 1.807) is 0 Å². The number of hydrogen-bond acceptors (Lipinski definition) is 0. The number of nitrogens with zero attached hydrogens (tertiary/aromatic N) is 2. The Kier molecular flexibility index (Phi) is 4.51. The molecule has 2 aromatic heterocycles. The van der Waals surface area contributed by atoms with E-state index in [0.29, 0.717) is 0 Å². The summed E-state index contributed by atoms with van der Waals surface area (Å²) in [6.07, 6.45) is 0. The van der Waals surface area contributed by atoms with E-state index in [1.165, 1.54) is 32.8 Å². The maximum atomic E-state index is 4.40. The van der Waals surface area contributed by atoms with Crippen LogP contribution in [0.3, 0.4) is 0 Å². The van der Waals surface area contributed by atoms with Crippen molar-refractivity contribution in [3.8, 4) is 5.69 Å². The average Bonchev–Trinajstić information content (AvgIpc) is 3.19. The quantitative estimate of drug-likeness (QED) is 0.262. The minimum absolute atomic E-state index is 0.916. The molecular formula is C31H24N2. The number of aromatic nitrogens is 2. The Balaban J connectivity index is 1.94. The van der Waals surface area contributed by atoms with Crippen molar-refractivity contribution in [3.05, 3.63) is 126 Å². The Labute approximate surface area is 192 Å². The van der Waals surface area contributed by atoms with Crippen LogP contribution in [0.4, 0.5) is 0 Å². The highest BCUT2D eigenvalue weighted by molar-refractivity contribution is 6.15. The second-order valence-corrected chi connectivity index (χ2v) is 8.45. The molecule has 0 fully saturated rings. The van der Waals surface area contributed by atoms with Gasteiger partial charge in [0.2, 0.25) is 0 Å². The first-order valence-electron chi connectivity index (χ1n) is 11.2. The van der Waals surface area contributed by atoms with Gasteiger partial charge in [-0.25, -0.2) is 0 Å². The first kappa shape index (κ1) is 19.4. The summed E-state index contributed by atoms with van der Waals surface area (Å²) in [4.78, 5) is 0. The topological polar surface area (TPSA) is 9.34 Å². The first-order valence-corrected chi connectivity index (χ1v) is 11.2. The monoisotopic (exact) mass is 424 g/mol. The molecule has 6 aromatic rings. The van der Waals surface area contributed by atoms with Gasteiger partial charge in [0.05, 0.1) is 11.0 Å². The van der Waals surface area contributed by atoms with Crippen molar-refractivity contribution in [1.82, 2.24) is 8.97 Å². The standard InChI is InChI=1S/C31H24N2/c1-22-11-8-12-23(2)32(24-13-4-3-5-14-24)25-15-9-16-26(21-25)33-30-20-7-6-17-28(30)29-19-10-18-27(22)31(29)33/h3-21H,2H2,1H3. The molecule has 0 saturated carbocycles. The van der Waals surface area contributed by atoms with E-state index in [4.69, 9.17) is 0 Å². The van der Waals surface area contributed by atoms with Gasteiger partial charge in [-0.05, 0) is 55.0 Å². The highest BCUT2D eigenvalue weighted by atomic mass is 15.0. The van der Waals surface area contributed by atoms with E-state index in [0.717, 1.165) is 22.1 Å². The summed E-state index contributed by atoms with van der Waals surface area (Å²) >= 11 is 0. The summed E-state index contributed by atoms with van der Waals surface area (Å²) in [6, 6.07) is 40.8. The van der Waals surface area contributed by atoms with Crippen molar-refractivity contribution in [2.24, 2.45) is 0 Å². The van der Waals surface area contributed by atoms with Crippen molar-refractivity contribution in [2.75, 3.05) is 0 Å². The molecular weight excluding hydrogens is 400 g/mol. The second kappa shape index (κ2) is 7.68. The zero-order valence-corrected chi connectivity index (χ0v) is 18.6. The largest absolute Gasteiger partial charge is 0.311 e. The number of aryl methyl sites for hydroxylation is 1. The molecule has 0 aliphatic heterocycles. The van der Waals surface area contributed by atoms with E-state index in [9.17, 15) is 0 Å². The van der Waals surface area contributed by atoms with Gasteiger partial charge < -0.3 is 8.97 Å². The van der Waals surface area contributed by atoms with Crippen LogP contribution in [-0.2, 0) is 0 Å². The van der Waals surface area contributed by atoms with Gasteiger partial charge in [0.15, 0.2) is 0 Å². The molecule has 0 N–H and O–H groups in total. The molecule has 4 aromatic carbocycles. The molecule has 33 heavy (non-hydrogen) atoms. The van der Waals surface area contributed by atoms with Crippen molar-refractivity contribution in [3.63, 3.8) is 0 Å². The van der Waals surface area contributed by atoms with Crippen LogP contribution < -0.4 is 5.35 Å². The summed E-state index contributed by atoms with van der Waals surface area (Å²) in [5.41, 5.74) is 6.98. The SMILES string of the molecule is C=c1cccc(C)c2cccc3c4ccccc4n(c4cccc(c4)n1-c1ccccc1)c23. The van der Waals surface area contributed by atoms with Crippen molar-refractivity contribution in [2.45, 2.75) is 6.92 Å². The summed E-state index contributed by atoms with van der Waals surface area (Å²) in [7, 11) is 0. The van der Waals surface area contributed by atoms with Crippen LogP contribution in [0.15, 0.2) is 115 Å². The third-order valence-corrected chi connectivity index (χ3v) is 6.40. The van der Waals surface area contributed by atoms with Gasteiger partial charge in [-0.2, -0.15) is 0 Å². The minimum atomic E-state index is 0.916. The van der Waals surface area contributed by atoms with Gasteiger partial charge in [0.1, 0.15) is 0 Å². The van der Waals surface area contributed by atoms with Crippen LogP contribution in [0.1, 0.15) is 5.56 Å². The van der Waals surface area contributed by atoms with Gasteiger partial charge in [-0.15, -0.1) is 0 Å². The van der Waals surface area contributed by atoms with Crippen LogP contribution >= 0.6 is 0 Å². The van der Waals surface area contributed by atoms with Gasteiger partial charge in [-0.3, -0.25) is 0 Å². The number of benzene rings is 4. The maximum absolute atomic E-state index is 4.40. The Morgan fingerprint density at radius 3 is 2.12 bits per heavy atom. The smallest absolute Gasteiger partial charge is 0.0616 e. The summed E-state index contributed by atoms with van der Waals surface area (Å²) in [5.74, 6) is 0. The fourth-order valence-corrected chi connectivity index (χ4v) is 4.90. The van der Waals surface area contributed by atoms with Crippen LogP contribution in [-0.4, -0.2) is 8.97 Å². The molecule has 2 bridgehead atoms. The van der Waals surface area contributed by atoms with E-state index in [1.807, 2.05) is 6.07 Å². The van der Waals surface area contributed by atoms with Crippen LogP contribution in [0.2, 0.25) is 0 Å². The molecule has 2 heteroatoms. The summed E-state index contributed by atoms with van der Waals surface area (Å²) < 4.78 is 4.61. The third kappa shape index (κ3) is 3.11. The molecule has 2 heterocycles. The van der Waals surface area contributed by atoms with Crippen molar-refractivity contribution < 1.29 is 0 Å². The third-order valence-electron chi connectivity index (χ3n) is 6.40. The van der Waals surface area contributed by atoms with Crippen LogP contribution in [0.5, 0.6) is 0 Å². The van der Waals surface area contributed by atoms with Gasteiger partial charge in [0.25, 0.3) is 0 Å². The zero-order valence-electron chi connectivity index (χ0n) is 18.6. The van der Waals surface area contributed by atoms with E-state index in [2.05, 4.69) is 132 Å². The van der Waals surface area contributed by atoms with Gasteiger partial charge in [-0.1, -0.05) is 79.4 Å². The Morgan fingerprint density at radius 2 is 1.24 bits per heavy atom. The lowest BCUT2D eigenvalue weighted by molar-refractivity contribution is 1.06. The fraction of sp³-hybridized carbons (Fsp3) is 0.0323. The number of hydrogen-bond donors (Lipinski definition) is 0. The molecule has 158 valence electrons. The summed E-state index contributed by atoms with van der Waals surface area (Å²) in [5, 5.41) is 4.69. The van der Waals surface area contributed by atoms with E-state index >= 15 is 0 Å². The lowest BCUT2D eigenvalue weighted by Gasteiger charge is -2.10. The fourth-order valence-electron chi connectivity index (χ4n) is 4.90. The van der Waals surface area contributed by atoms with Crippen molar-refractivity contribution >= 4 is 44.8 Å². The Bertz CT molecular complexity index is 1790. The summed E-state index contributed by atoms with van der Waals surface area (Å²) in [6.45, 7) is 6.59. The molecule has 0 aliphatic carbocycles. The van der Waals surface area contributed by atoms with Gasteiger partial charge >= 0.3 is 0 Å². The van der Waals surface area contributed by atoms with Crippen LogP contribution in [0.25, 0.3) is 50.5 Å². The number of para-hydroxylation sites is 3. The molecule has 6 rings (SSSR count). The van der Waals surface area contributed by atoms with Crippen molar-refractivity contribution in [1.29, 1.82) is 0 Å². The van der Waals surface area contributed by atoms with E-state index in [-0.39, 0.29) is 0 Å². The highest BCUT2D eigenvalue weighted by Crippen LogP contribution is 2.33. The predicted octanol–water partition coefficient (Wildman–Crippen LogP) is 7.31. The molecule has 0 radical (unpaired) electrons. The minimum Gasteiger partial charge on any atom is -0.311 e.